The van der Waals surface area contributed by atoms with E-state index in [1.807, 2.05) is 20.8 Å². The van der Waals surface area contributed by atoms with Gasteiger partial charge in [0, 0.05) is 30.1 Å². The van der Waals surface area contributed by atoms with Crippen molar-refractivity contribution in [2.75, 3.05) is 0 Å². The number of aliphatic hydroxyl groups is 3. The Bertz CT molecular complexity index is 746. The molecule has 0 aromatic rings. The highest BCUT2D eigenvalue weighted by Gasteiger charge is 2.79. The van der Waals surface area contributed by atoms with Crippen molar-refractivity contribution in [3.63, 3.8) is 0 Å². The third kappa shape index (κ3) is 2.64. The second kappa shape index (κ2) is 6.38. The van der Waals surface area contributed by atoms with Crippen LogP contribution >= 0.6 is 0 Å². The van der Waals surface area contributed by atoms with E-state index in [4.69, 9.17) is 4.74 Å². The van der Waals surface area contributed by atoms with E-state index < -0.39 is 57.5 Å². The number of hydrogen-bond donors (Lipinski definition) is 3. The van der Waals surface area contributed by atoms with Crippen molar-refractivity contribution < 1.29 is 29.6 Å². The number of carbonyl (C=O) groups is 2. The highest BCUT2D eigenvalue weighted by atomic mass is 16.6. The zero-order chi connectivity index (χ0) is 22.2. The normalized spacial score (nSPS) is 51.6. The first-order chi connectivity index (χ1) is 13.1. The minimum atomic E-state index is -1.95. The molecule has 3 saturated carbocycles. The first-order valence-corrected chi connectivity index (χ1v) is 10.5. The number of ketones is 1. The Kier molecular flexibility index (Phi) is 4.94. The average Bonchev–Trinajstić information content (AvgIpc) is 2.59. The fourth-order valence-electron chi connectivity index (χ4n) is 7.41. The van der Waals surface area contributed by atoms with Crippen molar-refractivity contribution in [2.45, 2.75) is 91.1 Å². The highest BCUT2D eigenvalue weighted by Crippen LogP contribution is 2.70. The summed E-state index contributed by atoms with van der Waals surface area (Å²) in [4.78, 5) is 25.6. The van der Waals surface area contributed by atoms with E-state index in [0.29, 0.717) is 19.3 Å². The van der Waals surface area contributed by atoms with Gasteiger partial charge >= 0.3 is 5.97 Å². The number of esters is 1. The molecule has 3 rings (SSSR count). The SMILES string of the molecule is C=CC1(C)CC(=O)C2(O)C(C)(C1)C(OC(C)=O)C(O)C1C(C)(C)CCC(O)C12C. The van der Waals surface area contributed by atoms with E-state index in [-0.39, 0.29) is 12.2 Å². The lowest BCUT2D eigenvalue weighted by Crippen LogP contribution is -2.82. The average molecular weight is 409 g/mol. The fraction of sp³-hybridized carbons (Fsp3) is 0.826. The van der Waals surface area contributed by atoms with Crippen LogP contribution in [0, 0.1) is 27.6 Å². The van der Waals surface area contributed by atoms with Gasteiger partial charge in [-0.15, -0.1) is 6.58 Å². The first kappa shape index (κ1) is 22.4. The Morgan fingerprint density at radius 2 is 1.79 bits per heavy atom. The van der Waals surface area contributed by atoms with E-state index in [1.165, 1.54) is 6.92 Å². The maximum absolute atomic E-state index is 13.7. The smallest absolute Gasteiger partial charge is 0.303 e. The minimum absolute atomic E-state index is 0.0843. The van der Waals surface area contributed by atoms with Gasteiger partial charge in [-0.2, -0.15) is 0 Å². The summed E-state index contributed by atoms with van der Waals surface area (Å²) >= 11 is 0. The van der Waals surface area contributed by atoms with Crippen LogP contribution in [0.4, 0.5) is 0 Å². The second-order valence-corrected chi connectivity index (χ2v) is 11.1. The van der Waals surface area contributed by atoms with Crippen LogP contribution in [-0.2, 0) is 14.3 Å². The number of fused-ring (bicyclic) bond motifs is 3. The Labute approximate surface area is 173 Å². The van der Waals surface area contributed by atoms with Crippen LogP contribution in [0.15, 0.2) is 12.7 Å². The number of aliphatic hydroxyl groups excluding tert-OH is 2. The summed E-state index contributed by atoms with van der Waals surface area (Å²) in [7, 11) is 0. The molecule has 29 heavy (non-hydrogen) atoms. The molecular weight excluding hydrogens is 372 g/mol. The molecule has 0 saturated heterocycles. The van der Waals surface area contributed by atoms with Crippen molar-refractivity contribution in [3.8, 4) is 0 Å². The molecule has 3 N–H and O–H groups in total. The van der Waals surface area contributed by atoms with Crippen LogP contribution in [0.3, 0.4) is 0 Å². The fourth-order valence-corrected chi connectivity index (χ4v) is 7.41. The molecule has 3 aliphatic carbocycles. The molecule has 0 radical (unpaired) electrons. The quantitative estimate of drug-likeness (QED) is 0.479. The predicted molar refractivity (Wildman–Crippen MR) is 108 cm³/mol. The van der Waals surface area contributed by atoms with Crippen LogP contribution in [0.1, 0.15) is 67.2 Å². The van der Waals surface area contributed by atoms with Gasteiger partial charge in [-0.25, -0.2) is 0 Å². The predicted octanol–water partition coefficient (Wildman–Crippen LogP) is 2.39. The summed E-state index contributed by atoms with van der Waals surface area (Å²) in [6, 6.07) is 0. The largest absolute Gasteiger partial charge is 0.459 e. The van der Waals surface area contributed by atoms with Crippen LogP contribution in [0.2, 0.25) is 0 Å². The van der Waals surface area contributed by atoms with Crippen molar-refractivity contribution in [2.24, 2.45) is 27.6 Å². The molecule has 3 aliphatic rings. The molecule has 0 spiro atoms. The van der Waals surface area contributed by atoms with E-state index in [1.54, 1.807) is 19.9 Å². The molecule has 0 aromatic carbocycles. The lowest BCUT2D eigenvalue weighted by Gasteiger charge is -2.71. The van der Waals surface area contributed by atoms with Crippen LogP contribution < -0.4 is 0 Å². The third-order valence-corrected chi connectivity index (χ3v) is 8.65. The Hall–Kier alpha value is -1.24. The molecule has 0 bridgehead atoms. The van der Waals surface area contributed by atoms with Gasteiger partial charge in [-0.3, -0.25) is 9.59 Å². The first-order valence-electron chi connectivity index (χ1n) is 10.5. The monoisotopic (exact) mass is 408 g/mol. The second-order valence-electron chi connectivity index (χ2n) is 11.1. The van der Waals surface area contributed by atoms with E-state index in [9.17, 15) is 24.9 Å². The lowest BCUT2D eigenvalue weighted by atomic mass is 9.35. The van der Waals surface area contributed by atoms with Gasteiger partial charge < -0.3 is 20.1 Å². The summed E-state index contributed by atoms with van der Waals surface area (Å²) in [5.74, 6) is -1.59. The molecule has 0 heterocycles. The zero-order valence-corrected chi connectivity index (χ0v) is 18.5. The van der Waals surface area contributed by atoms with Crippen LogP contribution in [0.25, 0.3) is 0 Å². The topological polar surface area (TPSA) is 104 Å². The molecular formula is C23H36O6. The number of Topliss-reactive ketones (excluding diaryl/α,β-unsaturated/α-hetero) is 1. The molecule has 0 amide bonds. The summed E-state index contributed by atoms with van der Waals surface area (Å²) in [6.45, 7) is 14.4. The molecule has 3 fully saturated rings. The number of carbonyl (C=O) groups excluding carboxylic acids is 2. The molecule has 0 aliphatic heterocycles. The highest BCUT2D eigenvalue weighted by molar-refractivity contribution is 5.91. The van der Waals surface area contributed by atoms with Crippen LogP contribution in [-0.4, -0.2) is 51.0 Å². The van der Waals surface area contributed by atoms with Crippen molar-refractivity contribution in [3.05, 3.63) is 12.7 Å². The number of ether oxygens (including phenoxy) is 1. The summed E-state index contributed by atoms with van der Waals surface area (Å²) in [6.07, 6.45) is -0.0243. The van der Waals surface area contributed by atoms with Gasteiger partial charge in [0.05, 0.1) is 12.2 Å². The van der Waals surface area contributed by atoms with Gasteiger partial charge in [-0.05, 0) is 30.1 Å². The van der Waals surface area contributed by atoms with Gasteiger partial charge in [0.25, 0.3) is 0 Å². The number of hydrogen-bond acceptors (Lipinski definition) is 6. The zero-order valence-electron chi connectivity index (χ0n) is 18.5. The molecule has 6 nitrogen and oxygen atoms in total. The Morgan fingerprint density at radius 1 is 1.21 bits per heavy atom. The minimum Gasteiger partial charge on any atom is -0.459 e. The lowest BCUT2D eigenvalue weighted by molar-refractivity contribution is -0.332. The van der Waals surface area contributed by atoms with Crippen molar-refractivity contribution >= 4 is 11.8 Å². The van der Waals surface area contributed by atoms with E-state index in [0.717, 1.165) is 0 Å². The Balaban J connectivity index is 2.33. The van der Waals surface area contributed by atoms with E-state index >= 15 is 0 Å². The maximum Gasteiger partial charge on any atom is 0.303 e. The van der Waals surface area contributed by atoms with E-state index in [2.05, 4.69) is 6.58 Å². The number of allylic oxidation sites excluding steroid dienone is 1. The molecule has 0 aromatic heterocycles. The van der Waals surface area contributed by atoms with Gasteiger partial charge in [-0.1, -0.05) is 40.7 Å². The summed E-state index contributed by atoms with van der Waals surface area (Å²) < 4.78 is 5.63. The number of rotatable bonds is 2. The van der Waals surface area contributed by atoms with Gasteiger partial charge in [0.2, 0.25) is 0 Å². The Morgan fingerprint density at radius 3 is 2.31 bits per heavy atom. The summed E-state index contributed by atoms with van der Waals surface area (Å²) in [5, 5.41) is 35.0. The molecule has 8 unspecified atom stereocenters. The standard InChI is InChI=1S/C23H36O6/c1-8-20(5)11-15(26)23(28)21(6,12-20)18(29-13(2)24)16(27)17-19(3,4)10-9-14(25)22(17,23)7/h8,14,16-18,25,27-28H,1,9-12H2,2-7H3. The van der Waals surface area contributed by atoms with Gasteiger partial charge in [0.1, 0.15) is 11.7 Å². The third-order valence-electron chi connectivity index (χ3n) is 8.65. The van der Waals surface area contributed by atoms with Crippen molar-refractivity contribution in [1.82, 2.24) is 0 Å². The van der Waals surface area contributed by atoms with Crippen molar-refractivity contribution in [1.29, 1.82) is 0 Å². The van der Waals surface area contributed by atoms with Gasteiger partial charge in [0.15, 0.2) is 5.78 Å². The summed E-state index contributed by atoms with van der Waals surface area (Å²) in [5.41, 5.74) is -5.60. The van der Waals surface area contributed by atoms with Crippen LogP contribution in [0.5, 0.6) is 0 Å². The molecule has 8 atom stereocenters. The molecule has 164 valence electrons. The molecule has 6 heteroatoms. The maximum atomic E-state index is 13.7.